The number of hydrogen-bond donors (Lipinski definition) is 1. The zero-order valence-corrected chi connectivity index (χ0v) is 18.8. The predicted molar refractivity (Wildman–Crippen MR) is 132 cm³/mol. The number of benzene rings is 3. The minimum absolute atomic E-state index is 0.0464. The maximum atomic E-state index is 14.6. The summed E-state index contributed by atoms with van der Waals surface area (Å²) in [5, 5.41) is 6.38. The third kappa shape index (κ3) is 4.95. The van der Waals surface area contributed by atoms with Gasteiger partial charge in [0.2, 0.25) is 7.29 Å². The van der Waals surface area contributed by atoms with Crippen LogP contribution in [0.2, 0.25) is 0 Å². The SMILES string of the molecule is CCCCC[C@@H](NP(=O)(c1ccccc1)c1ccccc1)c1cnc2ccccc2c1. The molecule has 0 aliphatic heterocycles. The van der Waals surface area contributed by atoms with Crippen molar-refractivity contribution < 1.29 is 4.57 Å². The normalized spacial score (nSPS) is 12.7. The largest absolute Gasteiger partial charge is 0.297 e. The zero-order valence-electron chi connectivity index (χ0n) is 17.9. The van der Waals surface area contributed by atoms with Crippen molar-refractivity contribution in [1.82, 2.24) is 10.1 Å². The minimum atomic E-state index is -3.03. The van der Waals surface area contributed by atoms with Crippen molar-refractivity contribution >= 4 is 28.8 Å². The molecule has 0 saturated heterocycles. The van der Waals surface area contributed by atoms with Gasteiger partial charge in [0.25, 0.3) is 0 Å². The van der Waals surface area contributed by atoms with E-state index in [-0.39, 0.29) is 6.04 Å². The average Bonchev–Trinajstić information content (AvgIpc) is 2.84. The summed E-state index contributed by atoms with van der Waals surface area (Å²) in [4.78, 5) is 4.68. The number of hydrogen-bond acceptors (Lipinski definition) is 2. The molecule has 0 aliphatic rings. The van der Waals surface area contributed by atoms with Gasteiger partial charge in [0.05, 0.1) is 5.52 Å². The molecule has 0 amide bonds. The summed E-state index contributed by atoms with van der Waals surface area (Å²) < 4.78 is 14.6. The van der Waals surface area contributed by atoms with E-state index in [0.717, 1.165) is 52.8 Å². The molecule has 0 aliphatic carbocycles. The van der Waals surface area contributed by atoms with Crippen molar-refractivity contribution in [2.24, 2.45) is 0 Å². The Hall–Kier alpha value is -2.74. The van der Waals surface area contributed by atoms with Gasteiger partial charge in [-0.3, -0.25) is 14.6 Å². The number of rotatable bonds is 9. The summed E-state index contributed by atoms with van der Waals surface area (Å²) in [6.07, 6.45) is 6.23. The minimum Gasteiger partial charge on any atom is -0.297 e. The Labute approximate surface area is 185 Å². The van der Waals surface area contributed by atoms with E-state index < -0.39 is 7.29 Å². The van der Waals surface area contributed by atoms with E-state index in [2.05, 4.69) is 29.1 Å². The first-order chi connectivity index (χ1) is 15.2. The van der Waals surface area contributed by atoms with Gasteiger partial charge in [-0.25, -0.2) is 0 Å². The van der Waals surface area contributed by atoms with Crippen LogP contribution in [0.25, 0.3) is 10.9 Å². The lowest BCUT2D eigenvalue weighted by molar-refractivity contribution is 0.524. The number of unbranched alkanes of at least 4 members (excludes halogenated alkanes) is 2. The second kappa shape index (κ2) is 10.0. The fourth-order valence-electron chi connectivity index (χ4n) is 3.98. The molecule has 4 aromatic rings. The van der Waals surface area contributed by atoms with Gasteiger partial charge < -0.3 is 0 Å². The smallest absolute Gasteiger partial charge is 0.205 e. The lowest BCUT2D eigenvalue weighted by Gasteiger charge is -2.27. The van der Waals surface area contributed by atoms with Gasteiger partial charge in [-0.2, -0.15) is 0 Å². The molecule has 0 fully saturated rings. The zero-order chi connectivity index (χ0) is 21.5. The van der Waals surface area contributed by atoms with Crippen LogP contribution in [-0.4, -0.2) is 4.98 Å². The highest BCUT2D eigenvalue weighted by Crippen LogP contribution is 2.43. The van der Waals surface area contributed by atoms with Crippen LogP contribution < -0.4 is 15.7 Å². The van der Waals surface area contributed by atoms with Crippen molar-refractivity contribution in [3.63, 3.8) is 0 Å². The molecule has 4 heteroatoms. The van der Waals surface area contributed by atoms with Crippen LogP contribution in [0.4, 0.5) is 0 Å². The van der Waals surface area contributed by atoms with Crippen molar-refractivity contribution in [2.75, 3.05) is 0 Å². The quantitative estimate of drug-likeness (QED) is 0.249. The van der Waals surface area contributed by atoms with Gasteiger partial charge >= 0.3 is 0 Å². The maximum absolute atomic E-state index is 14.6. The Morgan fingerprint density at radius 2 is 1.45 bits per heavy atom. The van der Waals surface area contributed by atoms with Crippen LogP contribution in [0.15, 0.2) is 97.2 Å². The Morgan fingerprint density at radius 3 is 2.10 bits per heavy atom. The van der Waals surface area contributed by atoms with E-state index in [0.29, 0.717) is 0 Å². The third-order valence-electron chi connectivity index (χ3n) is 5.69. The summed E-state index contributed by atoms with van der Waals surface area (Å²) in [6, 6.07) is 29.9. The first-order valence-electron chi connectivity index (χ1n) is 11.0. The number of fused-ring (bicyclic) bond motifs is 1. The van der Waals surface area contributed by atoms with E-state index in [1.165, 1.54) is 0 Å². The molecule has 0 spiro atoms. The van der Waals surface area contributed by atoms with Gasteiger partial charge in [-0.05, 0) is 48.4 Å². The number of para-hydroxylation sites is 1. The molecule has 0 bridgehead atoms. The van der Waals surface area contributed by atoms with Crippen molar-refractivity contribution in [3.8, 4) is 0 Å². The molecule has 4 rings (SSSR count). The van der Waals surface area contributed by atoms with Crippen molar-refractivity contribution in [3.05, 3.63) is 103 Å². The molecule has 1 atom stereocenters. The first-order valence-corrected chi connectivity index (χ1v) is 12.7. The van der Waals surface area contributed by atoms with E-state index in [1.807, 2.05) is 85.1 Å². The van der Waals surface area contributed by atoms with Crippen LogP contribution in [0.5, 0.6) is 0 Å². The van der Waals surface area contributed by atoms with Gasteiger partial charge in [0, 0.05) is 28.2 Å². The molecule has 0 unspecified atom stereocenters. The molecular weight excluding hydrogens is 399 g/mol. The maximum Gasteiger partial charge on any atom is 0.205 e. The number of nitrogens with zero attached hydrogens (tertiary/aromatic N) is 1. The second-order valence-electron chi connectivity index (χ2n) is 7.92. The Morgan fingerprint density at radius 1 is 0.839 bits per heavy atom. The van der Waals surface area contributed by atoms with Gasteiger partial charge in [0.15, 0.2) is 0 Å². The van der Waals surface area contributed by atoms with Crippen LogP contribution in [0, 0.1) is 0 Å². The number of aromatic nitrogens is 1. The predicted octanol–water partition coefficient (Wildman–Crippen LogP) is 6.37. The molecule has 3 aromatic carbocycles. The van der Waals surface area contributed by atoms with E-state index in [9.17, 15) is 4.57 Å². The highest BCUT2D eigenvalue weighted by atomic mass is 31.2. The lowest BCUT2D eigenvalue weighted by Crippen LogP contribution is -2.30. The Kier molecular flexibility index (Phi) is 6.96. The van der Waals surface area contributed by atoms with Crippen molar-refractivity contribution in [2.45, 2.75) is 38.6 Å². The fourth-order valence-corrected chi connectivity index (χ4v) is 6.47. The average molecular weight is 429 g/mol. The molecule has 3 nitrogen and oxygen atoms in total. The van der Waals surface area contributed by atoms with Crippen molar-refractivity contribution in [1.29, 1.82) is 0 Å². The van der Waals surface area contributed by atoms with E-state index in [4.69, 9.17) is 0 Å². The number of pyridine rings is 1. The lowest BCUT2D eigenvalue weighted by atomic mass is 10.0. The summed E-state index contributed by atoms with van der Waals surface area (Å²) >= 11 is 0. The van der Waals surface area contributed by atoms with Crippen LogP contribution in [-0.2, 0) is 4.57 Å². The van der Waals surface area contributed by atoms with Crippen LogP contribution in [0.1, 0.15) is 44.2 Å². The molecule has 1 N–H and O–H groups in total. The molecule has 1 heterocycles. The van der Waals surface area contributed by atoms with E-state index >= 15 is 0 Å². The van der Waals surface area contributed by atoms with E-state index in [1.54, 1.807) is 0 Å². The Bertz CT molecular complexity index is 1120. The molecule has 0 saturated carbocycles. The summed E-state index contributed by atoms with van der Waals surface area (Å²) in [6.45, 7) is 2.21. The van der Waals surface area contributed by atoms with Gasteiger partial charge in [-0.15, -0.1) is 0 Å². The topological polar surface area (TPSA) is 42.0 Å². The highest BCUT2D eigenvalue weighted by Gasteiger charge is 2.30. The van der Waals surface area contributed by atoms with Crippen LogP contribution in [0.3, 0.4) is 0 Å². The molecular formula is C27H29N2OP. The molecule has 0 radical (unpaired) electrons. The standard InChI is InChI=1S/C27H29N2OP/c1-2-3-6-19-27(23-20-22-13-11-12-18-26(22)28-21-23)29-31(30,24-14-7-4-8-15-24)25-16-9-5-10-17-25/h4-5,7-18,20-21,27H,2-3,6,19H2,1H3,(H,29,30)/t27-/m1/s1. The molecule has 158 valence electrons. The summed E-state index contributed by atoms with van der Waals surface area (Å²) in [7, 11) is -3.03. The van der Waals surface area contributed by atoms with Gasteiger partial charge in [-0.1, -0.05) is 80.8 Å². The molecule has 1 aromatic heterocycles. The highest BCUT2D eigenvalue weighted by molar-refractivity contribution is 7.76. The Balaban J connectivity index is 1.76. The van der Waals surface area contributed by atoms with Gasteiger partial charge in [0.1, 0.15) is 0 Å². The number of nitrogens with one attached hydrogen (secondary N) is 1. The monoisotopic (exact) mass is 428 g/mol. The fraction of sp³-hybridized carbons (Fsp3) is 0.222. The molecule has 31 heavy (non-hydrogen) atoms. The van der Waals surface area contributed by atoms with Crippen LogP contribution >= 0.6 is 7.29 Å². The summed E-state index contributed by atoms with van der Waals surface area (Å²) in [5.41, 5.74) is 2.06. The summed E-state index contributed by atoms with van der Waals surface area (Å²) in [5.74, 6) is 0. The third-order valence-corrected chi connectivity index (χ3v) is 8.41. The first kappa shape index (κ1) is 21.5. The second-order valence-corrected chi connectivity index (χ2v) is 10.4.